The zero-order valence-electron chi connectivity index (χ0n) is 14.7. The fraction of sp³-hybridized carbons (Fsp3) is 0.647. The molecule has 1 aromatic heterocycles. The van der Waals surface area contributed by atoms with Crippen molar-refractivity contribution in [2.24, 2.45) is 5.92 Å². The Labute approximate surface area is 157 Å². The first-order chi connectivity index (χ1) is 10.6. The number of aryl methyl sites for hydroxylation is 1. The average molecular weight is 377 g/mol. The summed E-state index contributed by atoms with van der Waals surface area (Å²) in [5.41, 5.74) is 2.29. The number of amides is 1. The summed E-state index contributed by atoms with van der Waals surface area (Å²) in [6.45, 7) is 10.6. The summed E-state index contributed by atoms with van der Waals surface area (Å²) in [6.07, 6.45) is 2.39. The second-order valence-corrected chi connectivity index (χ2v) is 6.26. The van der Waals surface area contributed by atoms with Crippen LogP contribution in [0.25, 0.3) is 0 Å². The van der Waals surface area contributed by atoms with Gasteiger partial charge in [0.25, 0.3) is 0 Å². The van der Waals surface area contributed by atoms with Gasteiger partial charge < -0.3 is 15.5 Å². The van der Waals surface area contributed by atoms with Crippen LogP contribution in [-0.4, -0.2) is 48.5 Å². The van der Waals surface area contributed by atoms with Crippen LogP contribution in [0.3, 0.4) is 0 Å². The SMILES string of the molecule is Cc1cccnc1C(NCCC(=O)N1CCNCC1)C(C)C.Cl.Cl. The van der Waals surface area contributed by atoms with E-state index in [9.17, 15) is 4.79 Å². The molecular weight excluding hydrogens is 347 g/mol. The number of carbonyl (C=O) groups excluding carboxylic acids is 1. The lowest BCUT2D eigenvalue weighted by molar-refractivity contribution is -0.131. The van der Waals surface area contributed by atoms with E-state index in [1.165, 1.54) is 5.56 Å². The molecule has 1 fully saturated rings. The Bertz CT molecular complexity index is 493. The van der Waals surface area contributed by atoms with E-state index in [4.69, 9.17) is 0 Å². The van der Waals surface area contributed by atoms with Gasteiger partial charge in [0.15, 0.2) is 0 Å². The van der Waals surface area contributed by atoms with Crippen molar-refractivity contribution in [2.75, 3.05) is 32.7 Å². The molecule has 0 aliphatic carbocycles. The molecule has 0 radical (unpaired) electrons. The van der Waals surface area contributed by atoms with E-state index in [1.807, 2.05) is 17.2 Å². The number of nitrogens with one attached hydrogen (secondary N) is 2. The maximum Gasteiger partial charge on any atom is 0.223 e. The lowest BCUT2D eigenvalue weighted by atomic mass is 9.97. The van der Waals surface area contributed by atoms with E-state index >= 15 is 0 Å². The zero-order valence-corrected chi connectivity index (χ0v) is 16.4. The third-order valence-corrected chi connectivity index (χ3v) is 4.18. The molecule has 2 heterocycles. The van der Waals surface area contributed by atoms with Crippen LogP contribution in [0.4, 0.5) is 0 Å². The van der Waals surface area contributed by atoms with Gasteiger partial charge in [-0.2, -0.15) is 0 Å². The van der Waals surface area contributed by atoms with E-state index in [0.29, 0.717) is 18.9 Å². The molecule has 7 heteroatoms. The lowest BCUT2D eigenvalue weighted by Crippen LogP contribution is -2.47. The molecular formula is C17H30Cl2N4O. The maximum atomic E-state index is 12.2. The second-order valence-electron chi connectivity index (χ2n) is 6.26. The van der Waals surface area contributed by atoms with Gasteiger partial charge in [0.1, 0.15) is 0 Å². The standard InChI is InChI=1S/C17H28N4O.2ClH/c1-13(2)16(17-14(3)5-4-7-19-17)20-8-6-15(22)21-11-9-18-10-12-21;;/h4-5,7,13,16,18,20H,6,8-12H2,1-3H3;2*1H. The van der Waals surface area contributed by atoms with Crippen molar-refractivity contribution in [3.05, 3.63) is 29.6 Å². The van der Waals surface area contributed by atoms with Crippen LogP contribution in [0, 0.1) is 12.8 Å². The molecule has 0 saturated carbocycles. The Morgan fingerprint density at radius 3 is 2.58 bits per heavy atom. The molecule has 0 spiro atoms. The van der Waals surface area contributed by atoms with Crippen molar-refractivity contribution < 1.29 is 4.79 Å². The van der Waals surface area contributed by atoms with Gasteiger partial charge in [-0.1, -0.05) is 19.9 Å². The molecule has 1 unspecified atom stereocenters. The molecule has 1 aromatic rings. The molecule has 0 aromatic carbocycles. The number of piperazine rings is 1. The van der Waals surface area contributed by atoms with Gasteiger partial charge in [0.05, 0.1) is 11.7 Å². The minimum Gasteiger partial charge on any atom is -0.340 e. The van der Waals surface area contributed by atoms with Crippen LogP contribution in [0.5, 0.6) is 0 Å². The van der Waals surface area contributed by atoms with E-state index in [0.717, 1.165) is 31.9 Å². The van der Waals surface area contributed by atoms with Crippen LogP contribution < -0.4 is 10.6 Å². The Morgan fingerprint density at radius 2 is 2.00 bits per heavy atom. The summed E-state index contributed by atoms with van der Waals surface area (Å²) in [6, 6.07) is 4.24. The Balaban J connectivity index is 0.00000264. The summed E-state index contributed by atoms with van der Waals surface area (Å²) >= 11 is 0. The Kier molecular flexibility index (Phi) is 11.2. The number of halogens is 2. The molecule has 2 N–H and O–H groups in total. The van der Waals surface area contributed by atoms with E-state index < -0.39 is 0 Å². The van der Waals surface area contributed by atoms with Crippen molar-refractivity contribution in [1.29, 1.82) is 0 Å². The normalized spacial score (nSPS) is 15.4. The summed E-state index contributed by atoms with van der Waals surface area (Å²) in [7, 11) is 0. The number of nitrogens with zero attached hydrogens (tertiary/aromatic N) is 2. The highest BCUT2D eigenvalue weighted by Gasteiger charge is 2.20. The Morgan fingerprint density at radius 1 is 1.33 bits per heavy atom. The predicted octanol–water partition coefficient (Wildman–Crippen LogP) is 2.34. The summed E-state index contributed by atoms with van der Waals surface area (Å²) in [4.78, 5) is 18.7. The van der Waals surface area contributed by atoms with Crippen LogP contribution >= 0.6 is 24.8 Å². The van der Waals surface area contributed by atoms with Crippen molar-refractivity contribution in [2.45, 2.75) is 33.2 Å². The second kappa shape index (κ2) is 11.6. The quantitative estimate of drug-likeness (QED) is 0.799. The average Bonchev–Trinajstić information content (AvgIpc) is 2.53. The zero-order chi connectivity index (χ0) is 15.9. The molecule has 0 bridgehead atoms. The molecule has 1 saturated heterocycles. The largest absolute Gasteiger partial charge is 0.340 e. The molecule has 1 aliphatic heterocycles. The van der Waals surface area contributed by atoms with Crippen LogP contribution in [0.1, 0.15) is 37.6 Å². The predicted molar refractivity (Wildman–Crippen MR) is 103 cm³/mol. The van der Waals surface area contributed by atoms with Gasteiger partial charge in [-0.05, 0) is 24.5 Å². The third kappa shape index (κ3) is 6.55. The van der Waals surface area contributed by atoms with Crippen molar-refractivity contribution in [3.63, 3.8) is 0 Å². The lowest BCUT2D eigenvalue weighted by Gasteiger charge is -2.28. The molecule has 1 amide bonds. The van der Waals surface area contributed by atoms with Gasteiger partial charge >= 0.3 is 0 Å². The smallest absolute Gasteiger partial charge is 0.223 e. The summed E-state index contributed by atoms with van der Waals surface area (Å²) < 4.78 is 0. The van der Waals surface area contributed by atoms with Crippen LogP contribution in [0.2, 0.25) is 0 Å². The topological polar surface area (TPSA) is 57.3 Å². The van der Waals surface area contributed by atoms with E-state index in [1.54, 1.807) is 0 Å². The first-order valence-corrected chi connectivity index (χ1v) is 8.23. The maximum absolute atomic E-state index is 12.2. The monoisotopic (exact) mass is 376 g/mol. The number of carbonyl (C=O) groups is 1. The minimum absolute atomic E-state index is 0. The molecule has 1 aliphatic rings. The number of hydrogen-bond donors (Lipinski definition) is 2. The van der Waals surface area contributed by atoms with Gasteiger partial charge in [-0.25, -0.2) is 0 Å². The number of aromatic nitrogens is 1. The summed E-state index contributed by atoms with van der Waals surface area (Å²) in [5.74, 6) is 0.678. The first kappa shape index (κ1) is 23.1. The van der Waals surface area contributed by atoms with Gasteiger partial charge in [0, 0.05) is 45.3 Å². The number of hydrogen-bond acceptors (Lipinski definition) is 4. The molecule has 5 nitrogen and oxygen atoms in total. The van der Waals surface area contributed by atoms with Crippen LogP contribution in [-0.2, 0) is 4.79 Å². The number of rotatable bonds is 6. The van der Waals surface area contributed by atoms with Crippen molar-refractivity contribution in [3.8, 4) is 0 Å². The highest BCUT2D eigenvalue weighted by molar-refractivity contribution is 5.85. The fourth-order valence-electron chi connectivity index (χ4n) is 2.88. The molecule has 2 rings (SSSR count). The molecule has 1 atom stereocenters. The van der Waals surface area contributed by atoms with Gasteiger partial charge in [0.2, 0.25) is 5.91 Å². The van der Waals surface area contributed by atoms with E-state index in [-0.39, 0.29) is 36.8 Å². The van der Waals surface area contributed by atoms with Gasteiger partial charge in [-0.3, -0.25) is 9.78 Å². The molecule has 138 valence electrons. The Hall–Kier alpha value is -0.880. The number of pyridine rings is 1. The first-order valence-electron chi connectivity index (χ1n) is 8.23. The van der Waals surface area contributed by atoms with Gasteiger partial charge in [-0.15, -0.1) is 24.8 Å². The van der Waals surface area contributed by atoms with Crippen molar-refractivity contribution in [1.82, 2.24) is 20.5 Å². The summed E-state index contributed by atoms with van der Waals surface area (Å²) in [5, 5.41) is 6.79. The van der Waals surface area contributed by atoms with Crippen LogP contribution in [0.15, 0.2) is 18.3 Å². The minimum atomic E-state index is 0. The van der Waals surface area contributed by atoms with Crippen molar-refractivity contribution >= 4 is 30.7 Å². The third-order valence-electron chi connectivity index (χ3n) is 4.18. The van der Waals surface area contributed by atoms with E-state index in [2.05, 4.69) is 42.5 Å². The molecule has 24 heavy (non-hydrogen) atoms. The highest BCUT2D eigenvalue weighted by Crippen LogP contribution is 2.22. The fourth-order valence-corrected chi connectivity index (χ4v) is 2.88. The highest BCUT2D eigenvalue weighted by atomic mass is 35.5.